The number of nitrogens with zero attached hydrogens (tertiary/aromatic N) is 5. The van der Waals surface area contributed by atoms with Gasteiger partial charge in [-0.1, -0.05) is 78.9 Å². The molecule has 0 amide bonds. The molecule has 0 saturated heterocycles. The van der Waals surface area contributed by atoms with Crippen LogP contribution >= 0.6 is 12.2 Å². The molecule has 0 aliphatic rings. The molecule has 30 heavy (non-hydrogen) atoms. The van der Waals surface area contributed by atoms with Crippen molar-refractivity contribution in [3.05, 3.63) is 101 Å². The molecule has 0 spiro atoms. The number of hydrogen-bond donors (Lipinski definition) is 1. The zero-order valence-corrected chi connectivity index (χ0v) is 17.0. The summed E-state index contributed by atoms with van der Waals surface area (Å²) < 4.78 is 6.10. The fourth-order valence-corrected chi connectivity index (χ4v) is 3.67. The summed E-state index contributed by atoms with van der Waals surface area (Å²) in [5.41, 5.74) is 3.21. The molecule has 2 heterocycles. The highest BCUT2D eigenvalue weighted by Crippen LogP contribution is 2.24. The maximum absolute atomic E-state index is 5.68. The first-order valence-corrected chi connectivity index (χ1v) is 10.2. The van der Waals surface area contributed by atoms with Gasteiger partial charge in [-0.15, -0.1) is 10.2 Å². The first-order valence-electron chi connectivity index (χ1n) is 9.75. The zero-order valence-electron chi connectivity index (χ0n) is 16.2. The fourth-order valence-electron chi connectivity index (χ4n) is 3.44. The minimum atomic E-state index is 0.506. The second-order valence-corrected chi connectivity index (χ2v) is 7.29. The first-order chi connectivity index (χ1) is 14.8. The summed E-state index contributed by atoms with van der Waals surface area (Å²) in [6.07, 6.45) is 0. The van der Waals surface area contributed by atoms with Crippen molar-refractivity contribution in [2.75, 3.05) is 0 Å². The maximum Gasteiger partial charge on any atom is 0.257 e. The zero-order chi connectivity index (χ0) is 20.3. The highest BCUT2D eigenvalue weighted by Gasteiger charge is 2.18. The third-order valence-electron chi connectivity index (χ3n) is 4.89. The van der Waals surface area contributed by atoms with E-state index < -0.39 is 0 Å². The minimum absolute atomic E-state index is 0.506. The molecule has 5 aromatic rings. The molecular formula is C23H20N6S. The van der Waals surface area contributed by atoms with Crippen molar-refractivity contribution < 1.29 is 0 Å². The van der Waals surface area contributed by atoms with Gasteiger partial charge in [-0.2, -0.15) is 4.52 Å². The third-order valence-corrected chi connectivity index (χ3v) is 5.27. The Morgan fingerprint density at radius 3 is 2.10 bits per heavy atom. The molecule has 0 unspecified atom stereocenters. The molecule has 0 radical (unpaired) electrons. The summed E-state index contributed by atoms with van der Waals surface area (Å²) in [6, 6.07) is 30.5. The van der Waals surface area contributed by atoms with Crippen LogP contribution < -0.4 is 5.32 Å². The van der Waals surface area contributed by atoms with Crippen LogP contribution in [0.4, 0.5) is 0 Å². The van der Waals surface area contributed by atoms with E-state index in [1.807, 2.05) is 83.4 Å². The standard InChI is InChI=1S/C23H20N6S/c30-23-27(17-24-16-18-10-4-1-5-11-18)26-22-28(20-14-8-3-9-15-20)21(25-29(22)23)19-12-6-2-7-13-19/h1-15,24H,16-17H2. The SMILES string of the molecule is S=c1n(CNCc2ccccc2)nc2n(-c3ccccc3)c(-c3ccccc3)nn12. The fraction of sp³-hybridized carbons (Fsp3) is 0.0870. The van der Waals surface area contributed by atoms with Crippen molar-refractivity contribution >= 4 is 18.0 Å². The molecule has 1 N–H and O–H groups in total. The van der Waals surface area contributed by atoms with Crippen molar-refractivity contribution in [2.45, 2.75) is 13.2 Å². The van der Waals surface area contributed by atoms with Crippen molar-refractivity contribution in [3.63, 3.8) is 0 Å². The number of hydrogen-bond acceptors (Lipinski definition) is 4. The van der Waals surface area contributed by atoms with E-state index in [1.165, 1.54) is 5.56 Å². The van der Waals surface area contributed by atoms with Gasteiger partial charge in [-0.05, 0) is 29.9 Å². The molecule has 0 aliphatic carbocycles. The van der Waals surface area contributed by atoms with Gasteiger partial charge < -0.3 is 0 Å². The lowest BCUT2D eigenvalue weighted by Gasteiger charge is -2.08. The van der Waals surface area contributed by atoms with Gasteiger partial charge >= 0.3 is 0 Å². The van der Waals surface area contributed by atoms with E-state index in [2.05, 4.69) is 17.4 Å². The molecule has 2 aromatic heterocycles. The Kier molecular flexibility index (Phi) is 4.96. The van der Waals surface area contributed by atoms with Crippen LogP contribution in [0.5, 0.6) is 0 Å². The van der Waals surface area contributed by atoms with Gasteiger partial charge in [0.2, 0.25) is 4.77 Å². The number of nitrogens with one attached hydrogen (secondary N) is 1. The van der Waals surface area contributed by atoms with Crippen molar-refractivity contribution in [2.24, 2.45) is 0 Å². The molecule has 6 nitrogen and oxygen atoms in total. The van der Waals surface area contributed by atoms with Gasteiger partial charge in [0, 0.05) is 12.1 Å². The normalized spacial score (nSPS) is 11.2. The van der Waals surface area contributed by atoms with E-state index in [9.17, 15) is 0 Å². The third kappa shape index (κ3) is 3.45. The molecule has 0 atom stereocenters. The summed E-state index contributed by atoms with van der Waals surface area (Å²) in [4.78, 5) is 0. The predicted octanol–water partition coefficient (Wildman–Crippen LogP) is 4.47. The van der Waals surface area contributed by atoms with E-state index in [-0.39, 0.29) is 0 Å². The summed E-state index contributed by atoms with van der Waals surface area (Å²) in [7, 11) is 0. The molecule has 3 aromatic carbocycles. The minimum Gasteiger partial charge on any atom is -0.294 e. The lowest BCUT2D eigenvalue weighted by atomic mass is 10.2. The van der Waals surface area contributed by atoms with Gasteiger partial charge in [0.1, 0.15) is 0 Å². The van der Waals surface area contributed by atoms with Crippen molar-refractivity contribution in [3.8, 4) is 17.1 Å². The molecule has 0 fully saturated rings. The highest BCUT2D eigenvalue weighted by atomic mass is 32.1. The Hall–Kier alpha value is -3.55. The summed E-state index contributed by atoms with van der Waals surface area (Å²) in [5.74, 6) is 1.49. The molecule has 5 rings (SSSR count). The van der Waals surface area contributed by atoms with Crippen LogP contribution in [0.1, 0.15) is 5.56 Å². The van der Waals surface area contributed by atoms with Gasteiger partial charge in [0.05, 0.1) is 12.4 Å². The van der Waals surface area contributed by atoms with E-state index in [1.54, 1.807) is 9.20 Å². The van der Waals surface area contributed by atoms with Crippen molar-refractivity contribution in [1.82, 2.24) is 29.3 Å². The van der Waals surface area contributed by atoms with Gasteiger partial charge in [-0.3, -0.25) is 9.88 Å². The van der Waals surface area contributed by atoms with E-state index in [0.29, 0.717) is 17.2 Å². The first kappa shape index (κ1) is 18.5. The Balaban J connectivity index is 1.54. The molecule has 0 bridgehead atoms. The van der Waals surface area contributed by atoms with Crippen LogP contribution in [0, 0.1) is 4.77 Å². The molecule has 0 aliphatic heterocycles. The van der Waals surface area contributed by atoms with Crippen LogP contribution in [-0.2, 0) is 13.2 Å². The van der Waals surface area contributed by atoms with Crippen LogP contribution in [0.25, 0.3) is 22.9 Å². The number of rotatable bonds is 6. The van der Waals surface area contributed by atoms with Crippen LogP contribution in [0.15, 0.2) is 91.0 Å². The average molecular weight is 413 g/mol. The lowest BCUT2D eigenvalue weighted by Crippen LogP contribution is -2.19. The lowest BCUT2D eigenvalue weighted by molar-refractivity contribution is 0.503. The monoisotopic (exact) mass is 412 g/mol. The number of benzene rings is 3. The quantitative estimate of drug-likeness (QED) is 0.418. The Bertz CT molecular complexity index is 1320. The Morgan fingerprint density at radius 1 is 0.767 bits per heavy atom. The number of aromatic nitrogens is 5. The second-order valence-electron chi connectivity index (χ2n) is 6.92. The smallest absolute Gasteiger partial charge is 0.257 e. The van der Waals surface area contributed by atoms with Gasteiger partial charge in [-0.25, -0.2) is 4.68 Å². The highest BCUT2D eigenvalue weighted by molar-refractivity contribution is 7.71. The Morgan fingerprint density at radius 2 is 1.40 bits per heavy atom. The summed E-state index contributed by atoms with van der Waals surface area (Å²) in [5, 5.41) is 13.0. The average Bonchev–Trinajstić information content (AvgIpc) is 3.32. The van der Waals surface area contributed by atoms with E-state index in [0.717, 1.165) is 23.6 Å². The van der Waals surface area contributed by atoms with Gasteiger partial charge in [0.25, 0.3) is 5.78 Å². The Labute approximate surface area is 179 Å². The number of para-hydroxylation sites is 1. The topological polar surface area (TPSA) is 52.1 Å². The van der Waals surface area contributed by atoms with Crippen LogP contribution in [0.3, 0.4) is 0 Å². The van der Waals surface area contributed by atoms with Crippen molar-refractivity contribution in [1.29, 1.82) is 0 Å². The van der Waals surface area contributed by atoms with Gasteiger partial charge in [0.15, 0.2) is 5.82 Å². The molecular weight excluding hydrogens is 392 g/mol. The van der Waals surface area contributed by atoms with Crippen LogP contribution in [-0.4, -0.2) is 24.0 Å². The summed E-state index contributed by atoms with van der Waals surface area (Å²) in [6.45, 7) is 1.25. The van der Waals surface area contributed by atoms with E-state index in [4.69, 9.17) is 22.4 Å². The predicted molar refractivity (Wildman–Crippen MR) is 120 cm³/mol. The molecule has 0 saturated carbocycles. The number of fused-ring (bicyclic) bond motifs is 1. The summed E-state index contributed by atoms with van der Waals surface area (Å²) >= 11 is 5.68. The van der Waals surface area contributed by atoms with E-state index >= 15 is 0 Å². The largest absolute Gasteiger partial charge is 0.294 e. The van der Waals surface area contributed by atoms with Crippen LogP contribution in [0.2, 0.25) is 0 Å². The second kappa shape index (κ2) is 8.06. The molecule has 148 valence electrons. The maximum atomic E-state index is 5.68. The molecule has 7 heteroatoms.